The summed E-state index contributed by atoms with van der Waals surface area (Å²) in [6, 6.07) is 5.84. The van der Waals surface area contributed by atoms with Gasteiger partial charge in [-0.25, -0.2) is 4.98 Å². The lowest BCUT2D eigenvalue weighted by Gasteiger charge is -2.09. The normalized spacial score (nSPS) is 10.9. The van der Waals surface area contributed by atoms with E-state index in [1.165, 1.54) is 0 Å². The van der Waals surface area contributed by atoms with Crippen LogP contribution < -0.4 is 10.5 Å². The van der Waals surface area contributed by atoms with E-state index in [1.54, 1.807) is 7.11 Å². The van der Waals surface area contributed by atoms with Crippen molar-refractivity contribution in [2.24, 2.45) is 0 Å². The van der Waals surface area contributed by atoms with Crippen molar-refractivity contribution in [2.45, 2.75) is 39.7 Å². The van der Waals surface area contributed by atoms with Gasteiger partial charge in [0.05, 0.1) is 7.11 Å². The van der Waals surface area contributed by atoms with Crippen LogP contribution >= 0.6 is 15.9 Å². The summed E-state index contributed by atoms with van der Waals surface area (Å²) < 4.78 is 8.40. The van der Waals surface area contributed by atoms with Crippen LogP contribution in [0.15, 0.2) is 22.7 Å². The van der Waals surface area contributed by atoms with E-state index in [1.807, 2.05) is 18.2 Å². The van der Waals surface area contributed by atoms with E-state index in [0.29, 0.717) is 0 Å². The molecule has 0 spiro atoms. The molecule has 2 rings (SSSR count). The van der Waals surface area contributed by atoms with Crippen molar-refractivity contribution >= 4 is 21.7 Å². The van der Waals surface area contributed by atoms with Crippen LogP contribution in [0.25, 0.3) is 11.3 Å². The van der Waals surface area contributed by atoms with Gasteiger partial charge >= 0.3 is 0 Å². The van der Waals surface area contributed by atoms with Gasteiger partial charge in [0.25, 0.3) is 0 Å². The average molecular weight is 352 g/mol. The molecule has 2 N–H and O–H groups in total. The summed E-state index contributed by atoms with van der Waals surface area (Å²) in [7, 11) is 1.66. The topological polar surface area (TPSA) is 53.1 Å². The Morgan fingerprint density at radius 3 is 2.71 bits per heavy atom. The molecule has 0 radical (unpaired) electrons. The Hall–Kier alpha value is -1.49. The van der Waals surface area contributed by atoms with Crippen LogP contribution in [0.5, 0.6) is 5.75 Å². The standard InChI is InChI=1S/C16H22BrN3O/c1-4-6-9-20-14(5-2)19-15(16(20)18)12-10-11(21-3)7-8-13(12)17/h7-8,10H,4-6,9,18H2,1-3H3. The Morgan fingerprint density at radius 2 is 2.10 bits per heavy atom. The number of hydrogen-bond acceptors (Lipinski definition) is 3. The number of nitrogens with two attached hydrogens (primary N) is 1. The molecule has 1 heterocycles. The van der Waals surface area contributed by atoms with Crippen LogP contribution in [0.4, 0.5) is 5.82 Å². The average Bonchev–Trinajstić information content (AvgIpc) is 2.82. The Balaban J connectivity index is 2.51. The first-order valence-electron chi connectivity index (χ1n) is 7.31. The molecule has 21 heavy (non-hydrogen) atoms. The van der Waals surface area contributed by atoms with Crippen molar-refractivity contribution in [2.75, 3.05) is 12.8 Å². The minimum Gasteiger partial charge on any atom is -0.497 e. The minimum absolute atomic E-state index is 0.731. The maximum Gasteiger partial charge on any atom is 0.131 e. The van der Waals surface area contributed by atoms with Crippen molar-refractivity contribution in [3.05, 3.63) is 28.5 Å². The van der Waals surface area contributed by atoms with Gasteiger partial charge in [-0.3, -0.25) is 0 Å². The second-order valence-corrected chi connectivity index (χ2v) is 5.82. The van der Waals surface area contributed by atoms with E-state index in [2.05, 4.69) is 34.3 Å². The molecule has 0 amide bonds. The summed E-state index contributed by atoms with van der Waals surface area (Å²) >= 11 is 3.58. The van der Waals surface area contributed by atoms with Crippen LogP contribution in [0.3, 0.4) is 0 Å². The Kier molecular flexibility index (Phi) is 5.28. The number of aromatic nitrogens is 2. The van der Waals surface area contributed by atoms with E-state index in [-0.39, 0.29) is 0 Å². The van der Waals surface area contributed by atoms with Gasteiger partial charge in [0.2, 0.25) is 0 Å². The zero-order valence-corrected chi connectivity index (χ0v) is 14.4. The number of aryl methyl sites for hydroxylation is 1. The quantitative estimate of drug-likeness (QED) is 0.845. The maximum atomic E-state index is 6.35. The van der Waals surface area contributed by atoms with E-state index < -0.39 is 0 Å². The highest BCUT2D eigenvalue weighted by molar-refractivity contribution is 9.10. The van der Waals surface area contributed by atoms with Crippen molar-refractivity contribution in [3.8, 4) is 17.0 Å². The molecule has 0 aliphatic rings. The van der Waals surface area contributed by atoms with Crippen molar-refractivity contribution in [1.29, 1.82) is 0 Å². The highest BCUT2D eigenvalue weighted by Gasteiger charge is 2.17. The number of halogens is 1. The predicted octanol–water partition coefficient (Wildman–Crippen LogP) is 4.27. The second kappa shape index (κ2) is 6.98. The number of hydrogen-bond donors (Lipinski definition) is 1. The van der Waals surface area contributed by atoms with Gasteiger partial charge < -0.3 is 15.0 Å². The summed E-state index contributed by atoms with van der Waals surface area (Å²) in [4.78, 5) is 4.74. The van der Waals surface area contributed by atoms with Crippen LogP contribution in [-0.2, 0) is 13.0 Å². The highest BCUT2D eigenvalue weighted by Crippen LogP contribution is 2.35. The molecule has 0 saturated heterocycles. The number of methoxy groups -OCH3 is 1. The molecular weight excluding hydrogens is 330 g/mol. The number of benzene rings is 1. The molecule has 0 bridgehead atoms. The van der Waals surface area contributed by atoms with Gasteiger partial charge in [0.1, 0.15) is 23.1 Å². The SMILES string of the molecule is CCCCn1c(CC)nc(-c2cc(OC)ccc2Br)c1N. The molecule has 0 fully saturated rings. The van der Waals surface area contributed by atoms with E-state index in [4.69, 9.17) is 15.5 Å². The van der Waals surface area contributed by atoms with Crippen molar-refractivity contribution in [1.82, 2.24) is 9.55 Å². The number of ether oxygens (including phenoxy) is 1. The van der Waals surface area contributed by atoms with Gasteiger partial charge in [-0.05, 0) is 24.6 Å². The monoisotopic (exact) mass is 351 g/mol. The molecule has 0 unspecified atom stereocenters. The van der Waals surface area contributed by atoms with Crippen LogP contribution in [-0.4, -0.2) is 16.7 Å². The molecule has 1 aromatic heterocycles. The van der Waals surface area contributed by atoms with Gasteiger partial charge in [-0.15, -0.1) is 0 Å². The summed E-state index contributed by atoms with van der Waals surface area (Å²) in [5, 5.41) is 0. The molecule has 1 aromatic carbocycles. The lowest BCUT2D eigenvalue weighted by Crippen LogP contribution is -2.06. The Bertz CT molecular complexity index is 622. The molecule has 0 aliphatic carbocycles. The summed E-state index contributed by atoms with van der Waals surface area (Å²) in [5.74, 6) is 2.56. The Labute approximate surface area is 134 Å². The van der Waals surface area contributed by atoms with Crippen LogP contribution in [0.2, 0.25) is 0 Å². The third-order valence-electron chi connectivity index (χ3n) is 3.57. The van der Waals surface area contributed by atoms with E-state index >= 15 is 0 Å². The molecule has 5 heteroatoms. The molecular formula is C16H22BrN3O. The number of rotatable bonds is 6. The highest BCUT2D eigenvalue weighted by atomic mass is 79.9. The first-order chi connectivity index (χ1) is 10.1. The first-order valence-corrected chi connectivity index (χ1v) is 8.10. The zero-order chi connectivity index (χ0) is 15.4. The Morgan fingerprint density at radius 1 is 1.33 bits per heavy atom. The van der Waals surface area contributed by atoms with E-state index in [9.17, 15) is 0 Å². The van der Waals surface area contributed by atoms with Gasteiger partial charge in [0.15, 0.2) is 0 Å². The fraction of sp³-hybridized carbons (Fsp3) is 0.438. The summed E-state index contributed by atoms with van der Waals surface area (Å²) in [5.41, 5.74) is 8.15. The van der Waals surface area contributed by atoms with Gasteiger partial charge in [-0.2, -0.15) is 0 Å². The van der Waals surface area contributed by atoms with Crippen LogP contribution in [0.1, 0.15) is 32.5 Å². The van der Waals surface area contributed by atoms with E-state index in [0.717, 1.165) is 58.9 Å². The summed E-state index contributed by atoms with van der Waals surface area (Å²) in [6.45, 7) is 5.20. The largest absolute Gasteiger partial charge is 0.497 e. The fourth-order valence-electron chi connectivity index (χ4n) is 2.36. The molecule has 0 atom stereocenters. The number of anilines is 1. The minimum atomic E-state index is 0.731. The number of nitrogens with zero attached hydrogens (tertiary/aromatic N) is 2. The number of nitrogen functional groups attached to an aromatic ring is 1. The number of imidazole rings is 1. The zero-order valence-electron chi connectivity index (χ0n) is 12.8. The smallest absolute Gasteiger partial charge is 0.131 e. The summed E-state index contributed by atoms with van der Waals surface area (Å²) in [6.07, 6.45) is 3.11. The molecule has 0 aliphatic heterocycles. The first kappa shape index (κ1) is 15.9. The lowest BCUT2D eigenvalue weighted by atomic mass is 10.1. The van der Waals surface area contributed by atoms with Crippen molar-refractivity contribution < 1.29 is 4.74 Å². The lowest BCUT2D eigenvalue weighted by molar-refractivity contribution is 0.415. The number of unbranched alkanes of at least 4 members (excludes halogenated alkanes) is 1. The third-order valence-corrected chi connectivity index (χ3v) is 4.26. The fourth-order valence-corrected chi connectivity index (χ4v) is 2.79. The van der Waals surface area contributed by atoms with Gasteiger partial charge in [-0.1, -0.05) is 36.2 Å². The molecule has 114 valence electrons. The maximum absolute atomic E-state index is 6.35. The molecule has 2 aromatic rings. The van der Waals surface area contributed by atoms with Crippen molar-refractivity contribution in [3.63, 3.8) is 0 Å². The van der Waals surface area contributed by atoms with Gasteiger partial charge in [0, 0.05) is 23.0 Å². The molecule has 4 nitrogen and oxygen atoms in total. The second-order valence-electron chi connectivity index (χ2n) is 4.97. The third kappa shape index (κ3) is 3.23. The molecule has 0 saturated carbocycles. The van der Waals surface area contributed by atoms with Crippen LogP contribution in [0, 0.1) is 0 Å². The predicted molar refractivity (Wildman–Crippen MR) is 90.6 cm³/mol.